The van der Waals surface area contributed by atoms with Crippen molar-refractivity contribution in [2.24, 2.45) is 0 Å². The van der Waals surface area contributed by atoms with Gasteiger partial charge in [0.05, 0.1) is 18.0 Å². The first kappa shape index (κ1) is 12.7. The highest BCUT2D eigenvalue weighted by atomic mass is 32.1. The number of pyridine rings is 1. The molecule has 0 spiro atoms. The SMILES string of the molecule is COCCn1c(-c2ccccn2)cc(=O)[nH]c1=S. The maximum Gasteiger partial charge on any atom is 0.252 e. The zero-order valence-corrected chi connectivity index (χ0v) is 10.7. The number of hydrogen-bond acceptors (Lipinski definition) is 4. The standard InChI is InChI=1S/C12H13N3O2S/c1-17-7-6-15-10(8-11(16)14-12(15)18)9-4-2-3-5-13-9/h2-5,8H,6-7H2,1H3,(H,14,16,18). The van der Waals surface area contributed by atoms with E-state index in [0.29, 0.717) is 29.3 Å². The molecule has 2 heterocycles. The van der Waals surface area contributed by atoms with Gasteiger partial charge in [0, 0.05) is 25.9 Å². The molecule has 2 aromatic heterocycles. The van der Waals surface area contributed by atoms with Crippen molar-refractivity contribution in [1.82, 2.24) is 14.5 Å². The molecule has 94 valence electrons. The van der Waals surface area contributed by atoms with Gasteiger partial charge < -0.3 is 9.30 Å². The van der Waals surface area contributed by atoms with Gasteiger partial charge in [-0.2, -0.15) is 0 Å². The van der Waals surface area contributed by atoms with E-state index in [-0.39, 0.29) is 5.56 Å². The highest BCUT2D eigenvalue weighted by molar-refractivity contribution is 7.71. The molecule has 0 radical (unpaired) electrons. The Morgan fingerprint density at radius 1 is 1.50 bits per heavy atom. The monoisotopic (exact) mass is 263 g/mol. The van der Waals surface area contributed by atoms with Crippen LogP contribution in [0.3, 0.4) is 0 Å². The van der Waals surface area contributed by atoms with Gasteiger partial charge in [-0.05, 0) is 24.4 Å². The van der Waals surface area contributed by atoms with Gasteiger partial charge in [-0.1, -0.05) is 6.07 Å². The van der Waals surface area contributed by atoms with Crippen LogP contribution < -0.4 is 5.56 Å². The predicted molar refractivity (Wildman–Crippen MR) is 71.0 cm³/mol. The number of nitrogens with one attached hydrogen (secondary N) is 1. The van der Waals surface area contributed by atoms with E-state index in [1.54, 1.807) is 13.3 Å². The zero-order valence-electron chi connectivity index (χ0n) is 9.92. The van der Waals surface area contributed by atoms with E-state index >= 15 is 0 Å². The second-order valence-electron chi connectivity index (χ2n) is 3.68. The van der Waals surface area contributed by atoms with Crippen LogP contribution in [0.15, 0.2) is 35.3 Å². The number of nitrogens with zero attached hydrogens (tertiary/aromatic N) is 2. The van der Waals surface area contributed by atoms with E-state index in [9.17, 15) is 4.79 Å². The molecule has 5 nitrogen and oxygen atoms in total. The number of H-pyrrole nitrogens is 1. The summed E-state index contributed by atoms with van der Waals surface area (Å²) in [4.78, 5) is 18.4. The molecule has 0 unspecified atom stereocenters. The van der Waals surface area contributed by atoms with Gasteiger partial charge in [0.25, 0.3) is 5.56 Å². The third-order valence-electron chi connectivity index (χ3n) is 2.48. The Bertz CT molecular complexity index is 634. The van der Waals surface area contributed by atoms with E-state index in [1.807, 2.05) is 22.8 Å². The van der Waals surface area contributed by atoms with Gasteiger partial charge in [-0.15, -0.1) is 0 Å². The lowest BCUT2D eigenvalue weighted by Gasteiger charge is -2.12. The summed E-state index contributed by atoms with van der Waals surface area (Å²) >= 11 is 5.16. The summed E-state index contributed by atoms with van der Waals surface area (Å²) in [7, 11) is 1.62. The summed E-state index contributed by atoms with van der Waals surface area (Å²) < 4.78 is 7.23. The van der Waals surface area contributed by atoms with E-state index < -0.39 is 0 Å². The molecule has 0 saturated heterocycles. The number of aromatic nitrogens is 3. The average Bonchev–Trinajstić information content (AvgIpc) is 2.38. The molecular weight excluding hydrogens is 250 g/mol. The highest BCUT2D eigenvalue weighted by Crippen LogP contribution is 2.14. The van der Waals surface area contributed by atoms with E-state index in [0.717, 1.165) is 0 Å². The molecule has 0 bridgehead atoms. The van der Waals surface area contributed by atoms with Gasteiger partial charge in [0.2, 0.25) is 0 Å². The molecule has 0 atom stereocenters. The Kier molecular flexibility index (Phi) is 4.01. The molecule has 2 rings (SSSR count). The van der Waals surface area contributed by atoms with Gasteiger partial charge in [-0.25, -0.2) is 0 Å². The summed E-state index contributed by atoms with van der Waals surface area (Å²) in [5.41, 5.74) is 1.18. The molecule has 0 aliphatic carbocycles. The Labute approximate surface area is 109 Å². The lowest BCUT2D eigenvalue weighted by Crippen LogP contribution is -2.17. The molecule has 2 aromatic rings. The fraction of sp³-hybridized carbons (Fsp3) is 0.250. The minimum Gasteiger partial charge on any atom is -0.383 e. The van der Waals surface area contributed by atoms with Crippen molar-refractivity contribution < 1.29 is 4.74 Å². The highest BCUT2D eigenvalue weighted by Gasteiger charge is 2.07. The lowest BCUT2D eigenvalue weighted by atomic mass is 10.2. The van der Waals surface area contributed by atoms with Crippen molar-refractivity contribution in [2.45, 2.75) is 6.54 Å². The quantitative estimate of drug-likeness (QED) is 0.851. The molecule has 0 aliphatic heterocycles. The number of methoxy groups -OCH3 is 1. The van der Waals surface area contributed by atoms with Gasteiger partial charge in [0.1, 0.15) is 0 Å². The van der Waals surface area contributed by atoms with Crippen LogP contribution in [0.2, 0.25) is 0 Å². The second-order valence-corrected chi connectivity index (χ2v) is 4.07. The molecular formula is C12H13N3O2S. The summed E-state index contributed by atoms with van der Waals surface area (Å²) in [6.45, 7) is 1.08. The van der Waals surface area contributed by atoms with Crippen molar-refractivity contribution in [2.75, 3.05) is 13.7 Å². The second kappa shape index (κ2) is 5.70. The largest absolute Gasteiger partial charge is 0.383 e. The number of ether oxygens (including phenoxy) is 1. The molecule has 0 aromatic carbocycles. The molecule has 18 heavy (non-hydrogen) atoms. The Balaban J connectivity index is 2.58. The summed E-state index contributed by atoms with van der Waals surface area (Å²) in [5, 5.41) is 0. The smallest absolute Gasteiger partial charge is 0.252 e. The maximum absolute atomic E-state index is 11.5. The van der Waals surface area contributed by atoms with Gasteiger partial charge in [0.15, 0.2) is 4.77 Å². The van der Waals surface area contributed by atoms with Crippen molar-refractivity contribution in [3.63, 3.8) is 0 Å². The lowest BCUT2D eigenvalue weighted by molar-refractivity contribution is 0.186. The molecule has 0 fully saturated rings. The van der Waals surface area contributed by atoms with Gasteiger partial charge in [-0.3, -0.25) is 14.8 Å². The normalized spacial score (nSPS) is 10.5. The predicted octanol–water partition coefficient (Wildman–Crippen LogP) is 1.61. The van der Waals surface area contributed by atoms with Crippen LogP contribution in [0.4, 0.5) is 0 Å². The molecule has 0 amide bonds. The van der Waals surface area contributed by atoms with Crippen LogP contribution in [0.5, 0.6) is 0 Å². The number of hydrogen-bond donors (Lipinski definition) is 1. The van der Waals surface area contributed by atoms with Crippen LogP contribution >= 0.6 is 12.2 Å². The fourth-order valence-corrected chi connectivity index (χ4v) is 1.94. The van der Waals surface area contributed by atoms with Gasteiger partial charge >= 0.3 is 0 Å². The third kappa shape index (κ3) is 2.72. The first-order valence-corrected chi connectivity index (χ1v) is 5.87. The summed E-state index contributed by atoms with van der Waals surface area (Å²) in [5.74, 6) is 0. The van der Waals surface area contributed by atoms with Crippen molar-refractivity contribution in [3.8, 4) is 11.4 Å². The maximum atomic E-state index is 11.5. The minimum absolute atomic E-state index is 0.227. The van der Waals surface area contributed by atoms with E-state index in [4.69, 9.17) is 17.0 Å². The summed E-state index contributed by atoms with van der Waals surface area (Å²) in [6.07, 6.45) is 1.68. The third-order valence-corrected chi connectivity index (χ3v) is 2.80. The number of rotatable bonds is 4. The van der Waals surface area contributed by atoms with Crippen molar-refractivity contribution in [3.05, 3.63) is 45.6 Å². The first-order valence-electron chi connectivity index (χ1n) is 5.47. The Hall–Kier alpha value is -1.79. The molecule has 6 heteroatoms. The molecule has 0 saturated carbocycles. The van der Waals surface area contributed by atoms with E-state index in [2.05, 4.69) is 9.97 Å². The topological polar surface area (TPSA) is 59.9 Å². The van der Waals surface area contributed by atoms with Crippen LogP contribution in [-0.4, -0.2) is 28.3 Å². The van der Waals surface area contributed by atoms with Crippen molar-refractivity contribution >= 4 is 12.2 Å². The average molecular weight is 263 g/mol. The molecule has 0 aliphatic rings. The van der Waals surface area contributed by atoms with Crippen LogP contribution in [-0.2, 0) is 11.3 Å². The van der Waals surface area contributed by atoms with Crippen LogP contribution in [0.25, 0.3) is 11.4 Å². The minimum atomic E-state index is -0.227. The van der Waals surface area contributed by atoms with Crippen LogP contribution in [0, 0.1) is 4.77 Å². The molecule has 1 N–H and O–H groups in total. The van der Waals surface area contributed by atoms with Crippen molar-refractivity contribution in [1.29, 1.82) is 0 Å². The summed E-state index contributed by atoms with van der Waals surface area (Å²) in [6, 6.07) is 7.03. The van der Waals surface area contributed by atoms with E-state index in [1.165, 1.54) is 6.07 Å². The fourth-order valence-electron chi connectivity index (χ4n) is 1.65. The van der Waals surface area contributed by atoms with Crippen LogP contribution in [0.1, 0.15) is 0 Å². The number of aromatic amines is 1. The Morgan fingerprint density at radius 2 is 2.33 bits per heavy atom. The first-order chi connectivity index (χ1) is 8.72. The Morgan fingerprint density at radius 3 is 3.00 bits per heavy atom. The zero-order chi connectivity index (χ0) is 13.0.